The van der Waals surface area contributed by atoms with Crippen LogP contribution in [0.3, 0.4) is 0 Å². The topological polar surface area (TPSA) is 289 Å². The van der Waals surface area contributed by atoms with Crippen LogP contribution < -0.4 is 17.0 Å². The first kappa shape index (κ1) is 31.9. The van der Waals surface area contributed by atoms with E-state index in [4.69, 9.17) is 39.2 Å². The Kier molecular flexibility index (Phi) is 8.18. The molecule has 3 saturated heterocycles. The van der Waals surface area contributed by atoms with E-state index in [9.17, 15) is 24.1 Å². The van der Waals surface area contributed by atoms with Crippen molar-refractivity contribution >= 4 is 72.6 Å². The highest BCUT2D eigenvalue weighted by molar-refractivity contribution is 8.44. The number of ether oxygens (including phenoxy) is 3. The molecule has 0 spiro atoms. The van der Waals surface area contributed by atoms with Gasteiger partial charge in [-0.05, 0) is 0 Å². The number of H-pyrrole nitrogens is 1. The predicted molar refractivity (Wildman–Crippen MR) is 162 cm³/mol. The molecule has 3 aliphatic rings. The average molecular weight is 721 g/mol. The number of fused-ring (bicyclic) bond motifs is 4. The maximum Gasteiger partial charge on any atom is 0.386 e. The van der Waals surface area contributed by atoms with Crippen LogP contribution in [0.4, 0.5) is 11.8 Å². The third kappa shape index (κ3) is 5.33. The Morgan fingerprint density at radius 3 is 2.65 bits per heavy atom. The zero-order chi connectivity index (χ0) is 32.5. The molecule has 4 aromatic heterocycles. The summed E-state index contributed by atoms with van der Waals surface area (Å²) in [5.74, 6) is -0.0784. The maximum atomic E-state index is 13.7. The molecule has 7 rings (SSSR count). The summed E-state index contributed by atoms with van der Waals surface area (Å²) >= 11 is 8.04. The van der Waals surface area contributed by atoms with Crippen molar-refractivity contribution < 1.29 is 47.1 Å². The molecule has 0 aromatic carbocycles. The summed E-state index contributed by atoms with van der Waals surface area (Å²) in [6, 6.07) is 0. The zero-order valence-electron chi connectivity index (χ0n) is 23.1. The number of imidazole rings is 2. The van der Waals surface area contributed by atoms with E-state index in [1.165, 1.54) is 28.1 Å². The van der Waals surface area contributed by atoms with Gasteiger partial charge in [-0.3, -0.25) is 32.5 Å². The molecule has 4 aromatic rings. The van der Waals surface area contributed by atoms with Crippen LogP contribution in [0.15, 0.2) is 23.8 Å². The lowest BCUT2D eigenvalue weighted by molar-refractivity contribution is -0.182. The molecule has 0 saturated carbocycles. The Labute approximate surface area is 267 Å². The molecule has 0 amide bonds. The minimum Gasteiger partial charge on any atom is -0.394 e. The highest BCUT2D eigenvalue weighted by Gasteiger charge is 2.64. The number of aliphatic hydroxyl groups excluding tert-OH is 2. The SMILES string of the molecule is Nc1nc2c(ncn2[C@@H]2O[C@H](CO)[C@H](O)[C@@H]2OP(=O)(S)OC[C@@]23CO[C@H]([C@H](n4cnc5c(N)ncnc54)O2)[C@H]3O[PH](=O)S)c(=O)[nH]1. The smallest absolute Gasteiger partial charge is 0.386 e. The normalized spacial score (nSPS) is 32.8. The molecule has 2 unspecified atom stereocenters. The molecular formula is C21H26N10O11P2S2. The number of aromatic amines is 1. The lowest BCUT2D eigenvalue weighted by Crippen LogP contribution is -2.45. The standard InChI is InChI=1S/C21H26N10O11P2S2/c22-14-8-15(25-4-24-14)30(5-26-8)19-12-13(41-43(35)45)21(40-19,2-37-12)3-38-44(36,46)42-11-10(33)7(1-32)39-18(11)31-6-27-9-16(31)28-20(23)29-17(9)34/h4-7,10-13,18-19,32-33,43H,1-3H2,(H,35,45)(H,36,46)(H2,22,24,25)(H3,23,28,29,34)/t7-,10+,11+,12+,13-,18-,19-,21-,44?/m1/s1. The molecule has 0 radical (unpaired) electrons. The molecule has 3 fully saturated rings. The summed E-state index contributed by atoms with van der Waals surface area (Å²) in [6.07, 6.45) is -4.48. The van der Waals surface area contributed by atoms with Crippen molar-refractivity contribution in [2.75, 3.05) is 31.3 Å². The van der Waals surface area contributed by atoms with Gasteiger partial charge in [-0.25, -0.2) is 24.5 Å². The van der Waals surface area contributed by atoms with Crippen LogP contribution in [0.2, 0.25) is 0 Å². The first-order valence-electron chi connectivity index (χ1n) is 13.4. The Morgan fingerprint density at radius 1 is 1.17 bits per heavy atom. The number of thiol groups is 2. The Hall–Kier alpha value is -2.66. The minimum atomic E-state index is -4.42. The van der Waals surface area contributed by atoms with Crippen LogP contribution in [0.1, 0.15) is 12.5 Å². The number of nitrogens with two attached hydrogens (primary N) is 2. The van der Waals surface area contributed by atoms with Gasteiger partial charge in [0, 0.05) is 0 Å². The van der Waals surface area contributed by atoms with Gasteiger partial charge < -0.3 is 40.4 Å². The van der Waals surface area contributed by atoms with Crippen molar-refractivity contribution in [3.8, 4) is 0 Å². The minimum absolute atomic E-state index is 0.0278. The molecule has 7 N–H and O–H groups in total. The number of anilines is 2. The van der Waals surface area contributed by atoms with Gasteiger partial charge in [-0.15, -0.1) is 0 Å². The quantitative estimate of drug-likeness (QED) is 0.0778. The molecule has 248 valence electrons. The fraction of sp³-hybridized carbons (Fsp3) is 0.524. The number of aromatic nitrogens is 8. The van der Waals surface area contributed by atoms with E-state index in [0.29, 0.717) is 11.2 Å². The van der Waals surface area contributed by atoms with Crippen molar-refractivity contribution in [1.82, 2.24) is 39.0 Å². The van der Waals surface area contributed by atoms with E-state index in [0.717, 1.165) is 0 Å². The van der Waals surface area contributed by atoms with E-state index >= 15 is 0 Å². The number of hydrogen-bond donors (Lipinski definition) is 7. The van der Waals surface area contributed by atoms with Gasteiger partial charge >= 0.3 is 6.80 Å². The van der Waals surface area contributed by atoms with Gasteiger partial charge in [0.25, 0.3) is 5.56 Å². The van der Waals surface area contributed by atoms with Crippen molar-refractivity contribution in [1.29, 1.82) is 0 Å². The fourth-order valence-electron chi connectivity index (χ4n) is 5.77. The largest absolute Gasteiger partial charge is 0.394 e. The van der Waals surface area contributed by atoms with Gasteiger partial charge in [0.2, 0.25) is 13.2 Å². The van der Waals surface area contributed by atoms with Gasteiger partial charge in [0.05, 0.1) is 32.5 Å². The Balaban J connectivity index is 1.14. The van der Waals surface area contributed by atoms with Crippen molar-refractivity contribution in [2.45, 2.75) is 48.6 Å². The maximum absolute atomic E-state index is 13.7. The first-order valence-corrected chi connectivity index (χ1v) is 18.7. The third-order valence-electron chi connectivity index (χ3n) is 7.81. The summed E-state index contributed by atoms with van der Waals surface area (Å²) in [5.41, 5.74) is 10.0. The van der Waals surface area contributed by atoms with Crippen LogP contribution in [0, 0.1) is 0 Å². The van der Waals surface area contributed by atoms with Gasteiger partial charge in [0.1, 0.15) is 48.0 Å². The van der Waals surface area contributed by atoms with Gasteiger partial charge in [-0.2, -0.15) is 4.98 Å². The molecule has 10 atom stereocenters. The van der Waals surface area contributed by atoms with Gasteiger partial charge in [-0.1, -0.05) is 24.5 Å². The van der Waals surface area contributed by atoms with Crippen LogP contribution in [-0.2, 0) is 36.9 Å². The average Bonchev–Trinajstić information content (AvgIpc) is 3.81. The number of hydrogen-bond acceptors (Lipinski definition) is 18. The summed E-state index contributed by atoms with van der Waals surface area (Å²) in [7, 11) is -2.85. The second-order valence-corrected chi connectivity index (χ2v) is 15.3. The molecule has 2 bridgehead atoms. The molecule has 25 heteroatoms. The third-order valence-corrected chi connectivity index (χ3v) is 10.2. The number of nitrogens with zero attached hydrogens (tertiary/aromatic N) is 7. The van der Waals surface area contributed by atoms with Crippen LogP contribution in [-0.4, -0.2) is 105 Å². The van der Waals surface area contributed by atoms with E-state index < -0.39 is 81.4 Å². The lowest BCUT2D eigenvalue weighted by atomic mass is 10.0. The van der Waals surface area contributed by atoms with Crippen LogP contribution in [0.25, 0.3) is 22.3 Å². The van der Waals surface area contributed by atoms with Crippen molar-refractivity contribution in [3.05, 3.63) is 29.3 Å². The molecule has 21 nitrogen and oxygen atoms in total. The number of rotatable bonds is 10. The van der Waals surface area contributed by atoms with E-state index in [1.54, 1.807) is 0 Å². The van der Waals surface area contributed by atoms with E-state index in [1.807, 2.05) is 0 Å². The van der Waals surface area contributed by atoms with Crippen LogP contribution >= 0.6 is 38.5 Å². The highest BCUT2D eigenvalue weighted by Crippen LogP contribution is 2.59. The molecule has 46 heavy (non-hydrogen) atoms. The summed E-state index contributed by atoms with van der Waals surface area (Å²) in [6.45, 7) is -5.71. The zero-order valence-corrected chi connectivity index (χ0v) is 26.8. The summed E-state index contributed by atoms with van der Waals surface area (Å²) in [5, 5.41) is 20.7. The molecule has 0 aliphatic carbocycles. The predicted octanol–water partition coefficient (Wildman–Crippen LogP) is -0.815. The molecule has 7 heterocycles. The summed E-state index contributed by atoms with van der Waals surface area (Å²) in [4.78, 5) is 35.1. The van der Waals surface area contributed by atoms with Gasteiger partial charge in [0.15, 0.2) is 35.1 Å². The monoisotopic (exact) mass is 720 g/mol. The summed E-state index contributed by atoms with van der Waals surface area (Å²) < 4.78 is 63.7. The van der Waals surface area contributed by atoms with Crippen LogP contribution in [0.5, 0.6) is 0 Å². The van der Waals surface area contributed by atoms with Crippen molar-refractivity contribution in [3.63, 3.8) is 0 Å². The number of aliphatic hydroxyl groups is 2. The molecular weight excluding hydrogens is 694 g/mol. The second kappa shape index (κ2) is 11.8. The molecule has 3 aliphatic heterocycles. The van der Waals surface area contributed by atoms with E-state index in [-0.39, 0.29) is 29.5 Å². The number of nitrogens with one attached hydrogen (secondary N) is 1. The fourth-order valence-corrected chi connectivity index (χ4v) is 8.16. The Morgan fingerprint density at radius 2 is 1.91 bits per heavy atom. The highest BCUT2D eigenvalue weighted by atomic mass is 32.7. The number of nitrogen functional groups attached to an aromatic ring is 2. The van der Waals surface area contributed by atoms with E-state index in [2.05, 4.69) is 54.4 Å². The second-order valence-electron chi connectivity index (χ2n) is 10.6. The Bertz CT molecular complexity index is 1950. The van der Waals surface area contributed by atoms with Crippen molar-refractivity contribution in [2.24, 2.45) is 0 Å². The lowest BCUT2D eigenvalue weighted by Gasteiger charge is -2.32. The first-order chi connectivity index (χ1) is 21.9.